The molecule has 0 atom stereocenters. The van der Waals surface area contributed by atoms with Crippen LogP contribution >= 0.6 is 23.8 Å². The molecule has 33 heavy (non-hydrogen) atoms. The van der Waals surface area contributed by atoms with Crippen LogP contribution in [-0.4, -0.2) is 25.2 Å². The van der Waals surface area contributed by atoms with E-state index in [0.717, 1.165) is 16.5 Å². The number of anilines is 3. The van der Waals surface area contributed by atoms with Crippen LogP contribution in [0.4, 0.5) is 17.1 Å². The van der Waals surface area contributed by atoms with Crippen LogP contribution in [0.15, 0.2) is 71.3 Å². The van der Waals surface area contributed by atoms with Crippen molar-refractivity contribution >= 4 is 62.7 Å². The highest BCUT2D eigenvalue weighted by molar-refractivity contribution is 7.80. The quantitative estimate of drug-likeness (QED) is 0.284. The number of benzene rings is 3. The van der Waals surface area contributed by atoms with E-state index >= 15 is 0 Å². The molecule has 0 fully saturated rings. The Labute approximate surface area is 200 Å². The zero-order valence-electron chi connectivity index (χ0n) is 17.8. The van der Waals surface area contributed by atoms with Crippen molar-refractivity contribution in [2.75, 3.05) is 30.2 Å². The van der Waals surface area contributed by atoms with Gasteiger partial charge in [-0.15, -0.1) is 0 Å². The van der Waals surface area contributed by atoms with Crippen LogP contribution < -0.4 is 25.4 Å². The maximum atomic E-state index is 12.4. The van der Waals surface area contributed by atoms with Gasteiger partial charge < -0.3 is 29.8 Å². The third kappa shape index (κ3) is 4.87. The minimum absolute atomic E-state index is 0.235. The van der Waals surface area contributed by atoms with E-state index in [0.29, 0.717) is 33.0 Å². The Morgan fingerprint density at radius 1 is 0.848 bits per heavy atom. The molecule has 1 aromatic heterocycles. The Morgan fingerprint density at radius 3 is 2.09 bits per heavy atom. The van der Waals surface area contributed by atoms with Gasteiger partial charge in [-0.1, -0.05) is 35.9 Å². The second-order valence-corrected chi connectivity index (χ2v) is 7.72. The molecule has 0 spiro atoms. The molecule has 3 aromatic carbocycles. The van der Waals surface area contributed by atoms with Gasteiger partial charge >= 0.3 is 0 Å². The van der Waals surface area contributed by atoms with Gasteiger partial charge in [-0.05, 0) is 42.5 Å². The summed E-state index contributed by atoms with van der Waals surface area (Å²) < 4.78 is 15.8. The van der Waals surface area contributed by atoms with E-state index in [1.54, 1.807) is 37.4 Å². The number of hydrogen-bond donors (Lipinski definition) is 3. The van der Waals surface area contributed by atoms with Gasteiger partial charge in [-0.25, -0.2) is 0 Å². The number of thiocarbonyl (C=S) groups is 1. The van der Waals surface area contributed by atoms with Crippen molar-refractivity contribution in [3.8, 4) is 11.5 Å². The molecule has 168 valence electrons. The van der Waals surface area contributed by atoms with Crippen molar-refractivity contribution in [3.63, 3.8) is 0 Å². The van der Waals surface area contributed by atoms with Crippen molar-refractivity contribution in [1.82, 2.24) is 0 Å². The maximum absolute atomic E-state index is 12.4. The highest BCUT2D eigenvalue weighted by Gasteiger charge is 2.14. The monoisotopic (exact) mass is 481 g/mol. The summed E-state index contributed by atoms with van der Waals surface area (Å²) in [5, 5.41) is 11.7. The Hall–Kier alpha value is -3.75. The fourth-order valence-electron chi connectivity index (χ4n) is 3.34. The number of fused-ring (bicyclic) bond motifs is 1. The van der Waals surface area contributed by atoms with E-state index in [9.17, 15) is 4.79 Å². The van der Waals surface area contributed by atoms with Crippen molar-refractivity contribution in [2.45, 2.75) is 0 Å². The zero-order valence-corrected chi connectivity index (χ0v) is 19.3. The molecule has 0 aliphatic heterocycles. The Balaban J connectivity index is 1.58. The first-order chi connectivity index (χ1) is 16.0. The second kappa shape index (κ2) is 9.81. The summed E-state index contributed by atoms with van der Waals surface area (Å²) in [4.78, 5) is 12.4. The van der Waals surface area contributed by atoms with E-state index < -0.39 is 0 Å². The number of ether oxygens (including phenoxy) is 2. The third-order valence-corrected chi connectivity index (χ3v) is 5.39. The number of methoxy groups -OCH3 is 2. The Bertz CT molecular complexity index is 1330. The first-order valence-electron chi connectivity index (χ1n) is 9.86. The molecular formula is C24H20ClN3O4S. The van der Waals surface area contributed by atoms with Gasteiger partial charge in [0.2, 0.25) is 0 Å². The molecule has 0 aliphatic rings. The van der Waals surface area contributed by atoms with Crippen LogP contribution in [0.25, 0.3) is 10.8 Å². The number of nitrogens with one attached hydrogen (secondary N) is 3. The molecule has 0 bridgehead atoms. The predicted molar refractivity (Wildman–Crippen MR) is 135 cm³/mol. The summed E-state index contributed by atoms with van der Waals surface area (Å²) in [6.45, 7) is 0. The first-order valence-corrected chi connectivity index (χ1v) is 10.6. The van der Waals surface area contributed by atoms with Gasteiger partial charge in [0.25, 0.3) is 5.91 Å². The summed E-state index contributed by atoms with van der Waals surface area (Å²) in [7, 11) is 3.08. The van der Waals surface area contributed by atoms with Gasteiger partial charge in [0.1, 0.15) is 11.5 Å². The number of amides is 1. The highest BCUT2D eigenvalue weighted by atomic mass is 35.5. The van der Waals surface area contributed by atoms with Crippen molar-refractivity contribution in [2.24, 2.45) is 0 Å². The third-order valence-electron chi connectivity index (χ3n) is 4.89. The molecule has 0 radical (unpaired) electrons. The number of carbonyl (C=O) groups excluding carboxylic acids is 1. The molecule has 0 saturated heterocycles. The normalized spacial score (nSPS) is 10.5. The SMILES string of the molecule is COc1cc(OC)c(NC(=S)Nc2ccc(NC(=O)c3ccco3)c3ccccc23)cc1Cl. The lowest BCUT2D eigenvalue weighted by Crippen LogP contribution is -2.20. The Morgan fingerprint density at radius 2 is 1.48 bits per heavy atom. The molecule has 9 heteroatoms. The molecule has 0 unspecified atom stereocenters. The lowest BCUT2D eigenvalue weighted by molar-refractivity contribution is 0.0997. The molecule has 1 amide bonds. The summed E-state index contributed by atoms with van der Waals surface area (Å²) in [5.74, 6) is 0.933. The molecule has 0 aliphatic carbocycles. The average Bonchev–Trinajstić information content (AvgIpc) is 3.36. The summed E-state index contributed by atoms with van der Waals surface area (Å²) >= 11 is 11.8. The first kappa shape index (κ1) is 22.4. The minimum Gasteiger partial charge on any atom is -0.495 e. The van der Waals surface area contributed by atoms with Crippen molar-refractivity contribution < 1.29 is 18.7 Å². The van der Waals surface area contributed by atoms with Gasteiger partial charge in [-0.3, -0.25) is 4.79 Å². The topological polar surface area (TPSA) is 84.8 Å². The maximum Gasteiger partial charge on any atom is 0.291 e. The lowest BCUT2D eigenvalue weighted by atomic mass is 10.1. The van der Waals surface area contributed by atoms with Gasteiger partial charge in [-0.2, -0.15) is 0 Å². The minimum atomic E-state index is -0.327. The fraction of sp³-hybridized carbons (Fsp3) is 0.0833. The molecule has 0 saturated carbocycles. The standard InChI is InChI=1S/C24H20ClN3O4S/c1-30-21-13-22(31-2)19(12-16(21)25)28-24(33)27-18-10-9-17(14-6-3-4-7-15(14)18)26-23(29)20-8-5-11-32-20/h3-13H,1-2H3,(H,26,29)(H2,27,28,33). The smallest absolute Gasteiger partial charge is 0.291 e. The van der Waals surface area contributed by atoms with Crippen molar-refractivity contribution in [1.29, 1.82) is 0 Å². The molecule has 4 aromatic rings. The van der Waals surface area contributed by atoms with Crippen LogP contribution in [0.1, 0.15) is 10.6 Å². The molecule has 4 rings (SSSR count). The number of furan rings is 1. The zero-order chi connectivity index (χ0) is 23.4. The van der Waals surface area contributed by atoms with Crippen LogP contribution in [0.3, 0.4) is 0 Å². The van der Waals surface area contributed by atoms with E-state index in [2.05, 4.69) is 16.0 Å². The summed E-state index contributed by atoms with van der Waals surface area (Å²) in [6.07, 6.45) is 1.46. The Kier molecular flexibility index (Phi) is 6.67. The summed E-state index contributed by atoms with van der Waals surface area (Å²) in [5.41, 5.74) is 2.00. The van der Waals surface area contributed by atoms with Crippen molar-refractivity contribution in [3.05, 3.63) is 77.7 Å². The van der Waals surface area contributed by atoms with E-state index in [1.807, 2.05) is 30.3 Å². The average molecular weight is 482 g/mol. The highest BCUT2D eigenvalue weighted by Crippen LogP contribution is 2.36. The lowest BCUT2D eigenvalue weighted by Gasteiger charge is -2.17. The largest absolute Gasteiger partial charge is 0.495 e. The van der Waals surface area contributed by atoms with Gasteiger partial charge in [0.15, 0.2) is 10.9 Å². The number of halogens is 1. The van der Waals surface area contributed by atoms with E-state index in [4.69, 9.17) is 37.7 Å². The molecule has 1 heterocycles. The molecule has 3 N–H and O–H groups in total. The number of hydrogen-bond acceptors (Lipinski definition) is 5. The van der Waals surface area contributed by atoms with Crippen LogP contribution in [-0.2, 0) is 0 Å². The van der Waals surface area contributed by atoms with Gasteiger partial charge in [0, 0.05) is 28.2 Å². The second-order valence-electron chi connectivity index (χ2n) is 6.90. The van der Waals surface area contributed by atoms with E-state index in [-0.39, 0.29) is 11.7 Å². The predicted octanol–water partition coefficient (Wildman–Crippen LogP) is 6.16. The fourth-order valence-corrected chi connectivity index (χ4v) is 3.80. The summed E-state index contributed by atoms with van der Waals surface area (Å²) in [6, 6.07) is 17.9. The van der Waals surface area contributed by atoms with Crippen LogP contribution in [0.5, 0.6) is 11.5 Å². The van der Waals surface area contributed by atoms with Crippen LogP contribution in [0.2, 0.25) is 5.02 Å². The molecule has 7 nitrogen and oxygen atoms in total. The number of carbonyl (C=O) groups is 1. The van der Waals surface area contributed by atoms with Gasteiger partial charge in [0.05, 0.1) is 31.2 Å². The van der Waals surface area contributed by atoms with E-state index in [1.165, 1.54) is 13.4 Å². The number of rotatable bonds is 6. The molecular weight excluding hydrogens is 462 g/mol. The van der Waals surface area contributed by atoms with Crippen LogP contribution in [0, 0.1) is 0 Å².